The van der Waals surface area contributed by atoms with E-state index in [4.69, 9.17) is 14.7 Å². The van der Waals surface area contributed by atoms with Crippen LogP contribution in [0, 0.1) is 11.3 Å². The van der Waals surface area contributed by atoms with Crippen molar-refractivity contribution in [2.24, 2.45) is 0 Å². The lowest BCUT2D eigenvalue weighted by Gasteiger charge is -2.33. The second-order valence-corrected chi connectivity index (χ2v) is 7.33. The molecule has 0 aliphatic carbocycles. The van der Waals surface area contributed by atoms with Gasteiger partial charge in [-0.15, -0.1) is 0 Å². The molecule has 0 saturated carbocycles. The van der Waals surface area contributed by atoms with E-state index in [0.717, 1.165) is 31.7 Å². The highest BCUT2D eigenvalue weighted by molar-refractivity contribution is 5.36. The van der Waals surface area contributed by atoms with Gasteiger partial charge in [-0.25, -0.2) is 0 Å². The lowest BCUT2D eigenvalue weighted by molar-refractivity contribution is -0.0588. The zero-order chi connectivity index (χ0) is 17.6. The van der Waals surface area contributed by atoms with Gasteiger partial charge in [-0.2, -0.15) is 5.26 Å². The molecule has 1 heterocycles. The number of hydrogen-bond acceptors (Lipinski definition) is 5. The third-order valence-electron chi connectivity index (χ3n) is 3.98. The Kier molecular flexibility index (Phi) is 6.61. The Morgan fingerprint density at radius 1 is 1.33 bits per heavy atom. The Morgan fingerprint density at radius 2 is 2.04 bits per heavy atom. The van der Waals surface area contributed by atoms with Crippen molar-refractivity contribution in [3.05, 3.63) is 29.8 Å². The van der Waals surface area contributed by atoms with Crippen LogP contribution in [0.2, 0.25) is 0 Å². The van der Waals surface area contributed by atoms with Gasteiger partial charge < -0.3 is 19.5 Å². The normalized spacial score (nSPS) is 18.1. The molecular weight excluding hydrogens is 304 g/mol. The molecule has 1 aliphatic rings. The third kappa shape index (κ3) is 6.48. The lowest BCUT2D eigenvalue weighted by Crippen LogP contribution is -2.43. The predicted molar refractivity (Wildman–Crippen MR) is 93.0 cm³/mol. The highest BCUT2D eigenvalue weighted by atomic mass is 16.5. The summed E-state index contributed by atoms with van der Waals surface area (Å²) in [5.74, 6) is 0.756. The van der Waals surface area contributed by atoms with Crippen LogP contribution < -0.4 is 4.74 Å². The van der Waals surface area contributed by atoms with Crippen LogP contribution in [-0.2, 0) is 4.74 Å². The van der Waals surface area contributed by atoms with E-state index in [2.05, 4.69) is 11.0 Å². The van der Waals surface area contributed by atoms with Gasteiger partial charge in [-0.05, 0) is 51.8 Å². The van der Waals surface area contributed by atoms with E-state index in [1.54, 1.807) is 12.1 Å². The van der Waals surface area contributed by atoms with Crippen LogP contribution in [0.5, 0.6) is 5.75 Å². The zero-order valence-corrected chi connectivity index (χ0v) is 14.9. The zero-order valence-electron chi connectivity index (χ0n) is 14.9. The Morgan fingerprint density at radius 3 is 2.67 bits per heavy atom. The van der Waals surface area contributed by atoms with Crippen LogP contribution in [0.3, 0.4) is 0 Å². The topological polar surface area (TPSA) is 65.7 Å². The summed E-state index contributed by atoms with van der Waals surface area (Å²) in [6.07, 6.45) is 1.54. The van der Waals surface area contributed by atoms with Crippen LogP contribution >= 0.6 is 0 Å². The number of benzene rings is 1. The van der Waals surface area contributed by atoms with E-state index in [0.29, 0.717) is 18.7 Å². The van der Waals surface area contributed by atoms with E-state index in [9.17, 15) is 5.11 Å². The molecule has 0 radical (unpaired) electrons. The molecule has 2 rings (SSSR count). The highest BCUT2D eigenvalue weighted by Crippen LogP contribution is 2.20. The summed E-state index contributed by atoms with van der Waals surface area (Å²) in [7, 11) is 0. The van der Waals surface area contributed by atoms with Crippen molar-refractivity contribution in [1.82, 2.24) is 4.90 Å². The molecule has 1 unspecified atom stereocenters. The van der Waals surface area contributed by atoms with E-state index in [-0.39, 0.29) is 11.7 Å². The fraction of sp³-hybridized carbons (Fsp3) is 0.632. The van der Waals surface area contributed by atoms with Gasteiger partial charge >= 0.3 is 0 Å². The average Bonchev–Trinajstić information content (AvgIpc) is 2.54. The van der Waals surface area contributed by atoms with E-state index < -0.39 is 6.10 Å². The first-order valence-corrected chi connectivity index (χ1v) is 8.57. The first kappa shape index (κ1) is 18.7. The van der Waals surface area contributed by atoms with E-state index in [1.807, 2.05) is 32.9 Å². The molecule has 1 fully saturated rings. The monoisotopic (exact) mass is 332 g/mol. The van der Waals surface area contributed by atoms with Gasteiger partial charge in [0.05, 0.1) is 29.9 Å². The molecular formula is C19H28N2O3. The van der Waals surface area contributed by atoms with E-state index >= 15 is 0 Å². The molecule has 132 valence electrons. The van der Waals surface area contributed by atoms with Crippen LogP contribution in [0.1, 0.15) is 39.2 Å². The minimum Gasteiger partial charge on any atom is -0.490 e. The second-order valence-electron chi connectivity index (χ2n) is 7.33. The summed E-state index contributed by atoms with van der Waals surface area (Å²) < 4.78 is 11.6. The van der Waals surface area contributed by atoms with Crippen molar-refractivity contribution in [2.75, 3.05) is 26.2 Å². The Bertz CT molecular complexity index is 554. The summed E-state index contributed by atoms with van der Waals surface area (Å²) >= 11 is 0. The number of ether oxygens (including phenoxy) is 2. The van der Waals surface area contributed by atoms with Crippen molar-refractivity contribution >= 4 is 0 Å². The molecule has 1 aromatic carbocycles. The van der Waals surface area contributed by atoms with Crippen molar-refractivity contribution in [3.63, 3.8) is 0 Å². The number of likely N-dealkylation sites (tertiary alicyclic amines) is 1. The van der Waals surface area contributed by atoms with Gasteiger partial charge in [0.25, 0.3) is 0 Å². The number of nitrogens with zero attached hydrogens (tertiary/aromatic N) is 2. The van der Waals surface area contributed by atoms with Crippen molar-refractivity contribution < 1.29 is 14.6 Å². The van der Waals surface area contributed by atoms with Gasteiger partial charge in [0.15, 0.2) is 0 Å². The molecule has 24 heavy (non-hydrogen) atoms. The number of hydrogen-bond donors (Lipinski definition) is 1. The molecule has 1 N–H and O–H groups in total. The fourth-order valence-corrected chi connectivity index (χ4v) is 2.74. The summed E-state index contributed by atoms with van der Waals surface area (Å²) in [5.41, 5.74) is 0.395. The molecule has 0 amide bonds. The highest BCUT2D eigenvalue weighted by Gasteiger charge is 2.23. The molecule has 0 spiro atoms. The maximum Gasteiger partial charge on any atom is 0.121 e. The maximum absolute atomic E-state index is 10.1. The molecule has 5 heteroatoms. The molecule has 5 nitrogen and oxygen atoms in total. The van der Waals surface area contributed by atoms with Crippen LogP contribution in [-0.4, -0.2) is 54.1 Å². The number of β-amino-alcohol motifs (C(OH)–C–C–N with tert-alkyl or cyclic N) is 1. The largest absolute Gasteiger partial charge is 0.490 e. The van der Waals surface area contributed by atoms with Crippen LogP contribution in [0.15, 0.2) is 24.3 Å². The van der Waals surface area contributed by atoms with Crippen molar-refractivity contribution in [2.45, 2.75) is 51.4 Å². The summed E-state index contributed by atoms with van der Waals surface area (Å²) in [6, 6.07) is 9.41. The summed E-state index contributed by atoms with van der Waals surface area (Å²) in [6.45, 7) is 8.76. The number of piperidine rings is 1. The molecule has 1 aliphatic heterocycles. The maximum atomic E-state index is 10.1. The Hall–Kier alpha value is -1.61. The molecule has 0 bridgehead atoms. The Labute approximate surface area is 144 Å². The molecule has 1 aromatic rings. The van der Waals surface area contributed by atoms with Crippen LogP contribution in [0.25, 0.3) is 0 Å². The average molecular weight is 332 g/mol. The number of aliphatic hydroxyl groups excluding tert-OH is 1. The number of nitriles is 1. The van der Waals surface area contributed by atoms with Gasteiger partial charge in [-0.3, -0.25) is 0 Å². The quantitative estimate of drug-likeness (QED) is 0.867. The smallest absolute Gasteiger partial charge is 0.121 e. The standard InChI is InChI=1S/C19H28N2O3/c1-19(2,3)23-14-16(22)13-21-9-7-17(8-10-21)24-18-6-4-5-15(11-18)12-20/h4-6,11,16-17,22H,7-10,13-14H2,1-3H3. The number of rotatable bonds is 6. The van der Waals surface area contributed by atoms with Crippen LogP contribution in [0.4, 0.5) is 0 Å². The Balaban J connectivity index is 1.72. The fourth-order valence-electron chi connectivity index (χ4n) is 2.74. The van der Waals surface area contributed by atoms with Gasteiger partial charge in [0, 0.05) is 19.6 Å². The second kappa shape index (κ2) is 8.48. The summed E-state index contributed by atoms with van der Waals surface area (Å²) in [4.78, 5) is 2.25. The first-order chi connectivity index (χ1) is 11.4. The van der Waals surface area contributed by atoms with Gasteiger partial charge in [0.1, 0.15) is 11.9 Å². The van der Waals surface area contributed by atoms with Crippen molar-refractivity contribution in [1.29, 1.82) is 5.26 Å². The predicted octanol–water partition coefficient (Wildman–Crippen LogP) is 2.58. The first-order valence-electron chi connectivity index (χ1n) is 8.57. The minimum atomic E-state index is -0.464. The lowest BCUT2D eigenvalue weighted by atomic mass is 10.1. The van der Waals surface area contributed by atoms with Crippen molar-refractivity contribution in [3.8, 4) is 11.8 Å². The number of aliphatic hydroxyl groups is 1. The molecule has 1 atom stereocenters. The van der Waals surface area contributed by atoms with Gasteiger partial charge in [-0.1, -0.05) is 6.07 Å². The SMILES string of the molecule is CC(C)(C)OCC(O)CN1CCC(Oc2cccc(C#N)c2)CC1. The third-order valence-corrected chi connectivity index (χ3v) is 3.98. The molecule has 0 aromatic heterocycles. The summed E-state index contributed by atoms with van der Waals surface area (Å²) in [5, 5.41) is 19.0. The van der Waals surface area contributed by atoms with Gasteiger partial charge in [0.2, 0.25) is 0 Å². The minimum absolute atomic E-state index is 0.165. The molecule has 1 saturated heterocycles. The van der Waals surface area contributed by atoms with E-state index in [1.165, 1.54) is 0 Å².